The number of ether oxygens (including phenoxy) is 1. The molecule has 4 atom stereocenters. The second-order valence-electron chi connectivity index (χ2n) is 34.7. The summed E-state index contributed by atoms with van der Waals surface area (Å²) in [5.41, 5.74) is 22.7. The van der Waals surface area contributed by atoms with Crippen LogP contribution in [0.5, 0.6) is 0 Å². The Bertz CT molecular complexity index is 7880. The van der Waals surface area contributed by atoms with Crippen molar-refractivity contribution in [2.24, 2.45) is 5.73 Å². The standard InChI is InChI=1S/C24H19BrN2O2.C24H17BrN2O2.C24H20N2O2.C14H12BrNO3.C11H10BrN.C10H10N2O.C4H9O.K/c2*1-2-10-27-13-17(15-7-5-8-18(25)24(15)27)23-21(29)11-20(28)22(23)16-12-26-19-9-4-3-6-14(16)19;27-20-11-21(28)23(22(20)17-12-25-19-9-2-1-7-15(17)19)18-13-26-10-4-6-14-5-3-8-16(18)24(14)26;1-3-7-16-8-10(13(17)14(18)19-2)9-5-4-6-11(15)12(9)16;1-2-7-13-8-6-9-4-3-5-10(12)11(9)13;11-10(13)5-7-6-12-9-4-2-1-3-8(7)9;1-4(2,3)5;/h2-9,12-13,22-23,26H,1,10-11H2;2-9,12-13,26H,1,10-11H2;1-3,5,7-9,12-13,22-23,25H,4,6,10-11H2;3-6,8H,1,7H2,2H3;2-6,8H,1,7H2;1-4,6,12H,5H2,(H2,11,13);1-3H3;/q;;;;;;-1;+1/t22-,23-;;22-,23-;;;;;/m1.1...../s1. The zero-order valence-electron chi connectivity index (χ0n) is 76.2. The van der Waals surface area contributed by atoms with Gasteiger partial charge in [-0.25, -0.2) is 4.79 Å². The number of allylic oxidation sites excluding steroid dienone is 6. The third kappa shape index (κ3) is 20.5. The van der Waals surface area contributed by atoms with E-state index in [1.807, 2.05) is 212 Å². The molecule has 3 aliphatic carbocycles. The Morgan fingerprint density at radius 1 is 0.438 bits per heavy atom. The van der Waals surface area contributed by atoms with Crippen LogP contribution in [-0.2, 0) is 88.7 Å². The van der Waals surface area contributed by atoms with Gasteiger partial charge < -0.3 is 58.3 Å². The van der Waals surface area contributed by atoms with E-state index in [4.69, 9.17) is 5.73 Å². The number of carbonyl (C=O) groups excluding carboxylic acids is 9. The Morgan fingerprint density at radius 3 is 1.38 bits per heavy atom. The van der Waals surface area contributed by atoms with Gasteiger partial charge in [-0.1, -0.05) is 185 Å². The number of fused-ring (bicyclic) bond motifs is 8. The molecule has 1 amide bonds. The number of nitrogens with two attached hydrogens (primary N) is 1. The van der Waals surface area contributed by atoms with Crippen molar-refractivity contribution >= 4 is 225 Å². The summed E-state index contributed by atoms with van der Waals surface area (Å²) in [4.78, 5) is 125. The minimum atomic E-state index is -0.863. The molecule has 6 N–H and O–H groups in total. The second kappa shape index (κ2) is 43.2. The van der Waals surface area contributed by atoms with E-state index in [1.54, 1.807) is 39.1 Å². The van der Waals surface area contributed by atoms with E-state index in [2.05, 4.69) is 182 Å². The molecule has 18 aromatic rings. The SMILES string of the molecule is C=CCn1cc(C(=O)C(=O)OC)c2cccc(Br)c21.C=CCn1cc(C2=C(c3c[nH]c4ccccc34)C(=O)CC2=O)c2cccc(Br)c21.C=CCn1cc([C@@H]2C(=O)CC(=O)[C@H]2c2c[nH]c3ccccc23)c2cccc(Br)c21.C=CCn1ccc2cccc(Br)c21.CC(C)(C)[O-].NC(=O)Cc1c[nH]c2ccccc12.O=C1CC(=O)[C@@H](c2cn3c4c(cccc24)CCC3)[C@@H]1c1c[nH]c2ccccc12.[K+]. The van der Waals surface area contributed by atoms with Gasteiger partial charge in [-0.05, 0) is 165 Å². The quantitative estimate of drug-likeness (QED) is 0.0134. The molecule has 9 aromatic heterocycles. The van der Waals surface area contributed by atoms with Gasteiger partial charge in [0.05, 0.1) is 89.6 Å². The fourth-order valence-electron chi connectivity index (χ4n) is 19.2. The zero-order chi connectivity index (χ0) is 96.1. The molecular weight excluding hydrogens is 2010 g/mol. The fourth-order valence-corrected chi connectivity index (χ4v) is 21.6. The van der Waals surface area contributed by atoms with Crippen molar-refractivity contribution in [1.29, 1.82) is 0 Å². The average Bonchev–Trinajstić information content (AvgIpc) is 1.59. The van der Waals surface area contributed by atoms with E-state index in [0.717, 1.165) is 159 Å². The zero-order valence-corrected chi connectivity index (χ0v) is 85.7. The number of aromatic amines is 4. The molecule has 10 heterocycles. The van der Waals surface area contributed by atoms with E-state index in [1.165, 1.54) is 29.1 Å². The fraction of sp³-hybridized carbons (Fsp3) is 0.180. The summed E-state index contributed by atoms with van der Waals surface area (Å²) in [6.07, 6.45) is 27.0. The van der Waals surface area contributed by atoms with Gasteiger partial charge in [-0.3, -0.25) is 38.4 Å². The first-order valence-corrected chi connectivity index (χ1v) is 47.7. The maximum atomic E-state index is 13.1. The number of para-hydroxylation sites is 9. The summed E-state index contributed by atoms with van der Waals surface area (Å²) in [5.74, 6) is -3.78. The molecule has 686 valence electrons. The van der Waals surface area contributed by atoms with Crippen LogP contribution in [0.1, 0.15) is 125 Å². The van der Waals surface area contributed by atoms with Crippen LogP contribution in [0.4, 0.5) is 0 Å². The van der Waals surface area contributed by atoms with Crippen molar-refractivity contribution in [3.05, 3.63) is 368 Å². The monoisotopic (exact) mass is 2100 g/mol. The van der Waals surface area contributed by atoms with Crippen LogP contribution in [0.2, 0.25) is 0 Å². The molecule has 4 aliphatic rings. The number of H-pyrrole nitrogens is 4. The number of hydrogen-bond acceptors (Lipinski definition) is 11. The van der Waals surface area contributed by atoms with Gasteiger partial charge in [0, 0.05) is 199 Å². The molecule has 0 radical (unpaired) electrons. The molecule has 22 rings (SSSR count). The second-order valence-corrected chi connectivity index (χ2v) is 38.1. The first-order valence-electron chi connectivity index (χ1n) is 44.5. The number of aromatic nitrogens is 9. The Kier molecular flexibility index (Phi) is 31.2. The van der Waals surface area contributed by atoms with Crippen molar-refractivity contribution in [2.45, 2.75) is 121 Å². The van der Waals surface area contributed by atoms with Crippen LogP contribution >= 0.6 is 63.7 Å². The Labute approximate surface area is 866 Å². The predicted molar refractivity (Wildman–Crippen MR) is 553 cm³/mol. The number of amides is 1. The largest absolute Gasteiger partial charge is 1.00 e. The molecule has 9 aromatic carbocycles. The van der Waals surface area contributed by atoms with Gasteiger partial charge in [-0.15, -0.1) is 31.9 Å². The molecule has 0 unspecified atom stereocenters. The number of hydrogen-bond donors (Lipinski definition) is 5. The van der Waals surface area contributed by atoms with E-state index >= 15 is 0 Å². The Hall–Kier alpha value is -12.3. The van der Waals surface area contributed by atoms with Crippen LogP contribution < -0.4 is 62.2 Å². The smallest absolute Gasteiger partial charge is 0.850 e. The molecule has 0 bridgehead atoms. The maximum absolute atomic E-state index is 13.1. The molecule has 21 nitrogen and oxygen atoms in total. The first kappa shape index (κ1) is 99.2. The van der Waals surface area contributed by atoms with E-state index in [-0.39, 0.29) is 111 Å². The normalized spacial score (nSPS) is 15.5. The molecule has 1 aliphatic heterocycles. The molecule has 26 heteroatoms. The van der Waals surface area contributed by atoms with Crippen molar-refractivity contribution < 1.29 is 104 Å². The molecule has 0 spiro atoms. The number of methoxy groups -OCH3 is 1. The summed E-state index contributed by atoms with van der Waals surface area (Å²) in [5, 5.41) is 19.2. The summed E-state index contributed by atoms with van der Waals surface area (Å²) in [6.45, 7) is 23.6. The van der Waals surface area contributed by atoms with Crippen LogP contribution in [0.25, 0.3) is 109 Å². The minimum absolute atomic E-state index is 0. The predicted octanol–water partition coefficient (Wildman–Crippen LogP) is 20.4. The van der Waals surface area contributed by atoms with Crippen LogP contribution in [0, 0.1) is 0 Å². The number of primary amides is 1. The number of benzene rings is 9. The number of nitrogens with zero attached hydrogens (tertiary/aromatic N) is 5. The summed E-state index contributed by atoms with van der Waals surface area (Å²) < 4.78 is 18.8. The van der Waals surface area contributed by atoms with Gasteiger partial charge in [0.15, 0.2) is 11.6 Å². The summed E-state index contributed by atoms with van der Waals surface area (Å²) in [7, 11) is 1.19. The van der Waals surface area contributed by atoms with Gasteiger partial charge in [0.2, 0.25) is 5.91 Å². The van der Waals surface area contributed by atoms with E-state index < -0.39 is 41.0 Å². The van der Waals surface area contributed by atoms with Gasteiger partial charge in [0.1, 0.15) is 23.1 Å². The third-order valence-corrected chi connectivity index (χ3v) is 27.3. The molecule has 0 saturated heterocycles. The number of aryl methyl sites for hydroxylation is 2. The number of nitrogens with one attached hydrogen (secondary N) is 4. The Balaban J connectivity index is 0.000000126. The molecule has 2 fully saturated rings. The van der Waals surface area contributed by atoms with Gasteiger partial charge in [-0.2, -0.15) is 0 Å². The number of ketones is 7. The average molecular weight is 2110 g/mol. The molecular formula is C111H97Br4KN10O11. The van der Waals surface area contributed by atoms with Crippen LogP contribution in [-0.4, -0.2) is 108 Å². The van der Waals surface area contributed by atoms with Crippen molar-refractivity contribution in [2.75, 3.05) is 7.11 Å². The maximum Gasteiger partial charge on any atom is 1.00 e. The number of rotatable bonds is 18. The van der Waals surface area contributed by atoms with E-state index in [9.17, 15) is 48.3 Å². The number of Topliss-reactive ketones (excluding diaryl/α,β-unsaturated/α-hetero) is 7. The number of carbonyl (C=O) groups is 9. The Morgan fingerprint density at radius 2 is 0.839 bits per heavy atom. The molecule has 2 saturated carbocycles. The number of esters is 1. The molecule has 137 heavy (non-hydrogen) atoms. The van der Waals surface area contributed by atoms with Crippen molar-refractivity contribution in [3.8, 4) is 0 Å². The summed E-state index contributed by atoms with van der Waals surface area (Å²) in [6, 6.07) is 63.7. The van der Waals surface area contributed by atoms with E-state index in [0.29, 0.717) is 48.2 Å². The van der Waals surface area contributed by atoms with Crippen molar-refractivity contribution in [3.63, 3.8) is 0 Å². The topological polar surface area (TPSA) is 300 Å². The van der Waals surface area contributed by atoms with Gasteiger partial charge in [0.25, 0.3) is 5.78 Å². The number of halogens is 4. The third-order valence-electron chi connectivity index (χ3n) is 24.7. The minimum Gasteiger partial charge on any atom is -0.850 e. The first-order chi connectivity index (χ1) is 65.6. The van der Waals surface area contributed by atoms with Crippen molar-refractivity contribution in [1.82, 2.24) is 42.8 Å². The summed E-state index contributed by atoms with van der Waals surface area (Å²) >= 11 is 14.3. The van der Waals surface area contributed by atoms with Gasteiger partial charge >= 0.3 is 57.4 Å². The van der Waals surface area contributed by atoms with Crippen LogP contribution in [0.3, 0.4) is 0 Å². The van der Waals surface area contributed by atoms with Crippen LogP contribution in [0.15, 0.2) is 318 Å².